The molecule has 0 radical (unpaired) electrons. The Bertz CT molecular complexity index is 360. The van der Waals surface area contributed by atoms with Gasteiger partial charge in [-0.1, -0.05) is 31.5 Å². The predicted molar refractivity (Wildman–Crippen MR) is 74.4 cm³/mol. The first-order chi connectivity index (χ1) is 7.85. The Morgan fingerprint density at radius 1 is 1.35 bits per heavy atom. The topological polar surface area (TPSA) is 63.4 Å². The van der Waals surface area contributed by atoms with Gasteiger partial charge >= 0.3 is 0 Å². The summed E-state index contributed by atoms with van der Waals surface area (Å²) in [5.74, 6) is 0. The van der Waals surface area contributed by atoms with Crippen LogP contribution in [0.3, 0.4) is 0 Å². The Labute approximate surface area is 110 Å². The van der Waals surface area contributed by atoms with E-state index in [1.165, 1.54) is 4.31 Å². The van der Waals surface area contributed by atoms with Crippen molar-refractivity contribution in [3.05, 3.63) is 0 Å². The predicted octanol–water partition coefficient (Wildman–Crippen LogP) is 1.65. The van der Waals surface area contributed by atoms with Crippen molar-refractivity contribution >= 4 is 27.2 Å². The molecule has 100 valence electrons. The average Bonchev–Trinajstić information content (AvgIpc) is 2.26. The van der Waals surface area contributed by atoms with Gasteiger partial charge < -0.3 is 5.73 Å². The van der Waals surface area contributed by atoms with E-state index in [1.807, 2.05) is 13.8 Å². The molecule has 0 atom stereocenters. The van der Waals surface area contributed by atoms with Crippen molar-refractivity contribution in [3.8, 4) is 0 Å². The summed E-state index contributed by atoms with van der Waals surface area (Å²) in [6.07, 6.45) is 4.68. The van der Waals surface area contributed by atoms with Crippen molar-refractivity contribution in [1.29, 1.82) is 0 Å². The summed E-state index contributed by atoms with van der Waals surface area (Å²) in [5.41, 5.74) is 5.48. The van der Waals surface area contributed by atoms with Gasteiger partial charge in [0.1, 0.15) is 0 Å². The molecule has 1 aliphatic rings. The summed E-state index contributed by atoms with van der Waals surface area (Å²) >= 11 is 4.83. The van der Waals surface area contributed by atoms with Crippen LogP contribution in [0.25, 0.3) is 0 Å². The number of sulfonamides is 1. The molecule has 0 aromatic heterocycles. The lowest BCUT2D eigenvalue weighted by Crippen LogP contribution is -2.46. The lowest BCUT2D eigenvalue weighted by atomic mass is 10.0. The first-order valence-electron chi connectivity index (χ1n) is 6.14. The highest BCUT2D eigenvalue weighted by Crippen LogP contribution is 2.26. The lowest BCUT2D eigenvalue weighted by molar-refractivity contribution is 0.370. The molecule has 17 heavy (non-hydrogen) atoms. The molecule has 1 rings (SSSR count). The third-order valence-corrected chi connectivity index (χ3v) is 5.84. The van der Waals surface area contributed by atoms with Gasteiger partial charge in [0, 0.05) is 6.04 Å². The van der Waals surface area contributed by atoms with E-state index in [1.54, 1.807) is 0 Å². The molecule has 4 nitrogen and oxygen atoms in total. The Balaban J connectivity index is 2.86. The summed E-state index contributed by atoms with van der Waals surface area (Å²) in [6, 6.07) is -0.0940. The Kier molecular flexibility index (Phi) is 5.34. The number of nitrogens with two attached hydrogens (primary N) is 1. The number of hydrogen-bond acceptors (Lipinski definition) is 3. The minimum absolute atomic E-state index is 0.0940. The largest absolute Gasteiger partial charge is 0.392 e. The van der Waals surface area contributed by atoms with Crippen LogP contribution in [-0.2, 0) is 10.0 Å². The van der Waals surface area contributed by atoms with E-state index in [4.69, 9.17) is 18.0 Å². The van der Waals surface area contributed by atoms with Crippen LogP contribution >= 0.6 is 12.2 Å². The SMILES string of the molecule is CC(C)N(CC(N)=S)S(=O)(=O)C1CCCCC1. The number of nitrogens with zero attached hydrogens (tertiary/aromatic N) is 1. The Morgan fingerprint density at radius 3 is 2.29 bits per heavy atom. The molecule has 0 aliphatic heterocycles. The molecule has 0 spiro atoms. The average molecular weight is 278 g/mol. The van der Waals surface area contributed by atoms with Crippen molar-refractivity contribution in [2.45, 2.75) is 57.2 Å². The van der Waals surface area contributed by atoms with E-state index < -0.39 is 10.0 Å². The maximum absolute atomic E-state index is 12.5. The molecule has 2 N–H and O–H groups in total. The molecule has 0 saturated heterocycles. The number of hydrogen-bond donors (Lipinski definition) is 1. The van der Waals surface area contributed by atoms with Crippen LogP contribution in [0.4, 0.5) is 0 Å². The fourth-order valence-electron chi connectivity index (χ4n) is 2.27. The molecular weight excluding hydrogens is 256 g/mol. The van der Waals surface area contributed by atoms with E-state index in [2.05, 4.69) is 0 Å². The van der Waals surface area contributed by atoms with Crippen LogP contribution in [0.5, 0.6) is 0 Å². The normalized spacial score (nSPS) is 18.8. The van der Waals surface area contributed by atoms with Gasteiger partial charge in [-0.2, -0.15) is 4.31 Å². The second-order valence-corrected chi connectivity index (χ2v) is 7.60. The van der Waals surface area contributed by atoms with Gasteiger partial charge in [-0.25, -0.2) is 8.42 Å². The van der Waals surface area contributed by atoms with Crippen LogP contribution in [0.2, 0.25) is 0 Å². The Morgan fingerprint density at radius 2 is 1.88 bits per heavy atom. The summed E-state index contributed by atoms with van der Waals surface area (Å²) in [6.45, 7) is 3.88. The summed E-state index contributed by atoms with van der Waals surface area (Å²) in [4.78, 5) is 0.234. The zero-order chi connectivity index (χ0) is 13.1. The van der Waals surface area contributed by atoms with Gasteiger partial charge in [0.05, 0.1) is 16.8 Å². The Hall–Kier alpha value is -0.200. The number of rotatable bonds is 5. The highest BCUT2D eigenvalue weighted by atomic mass is 32.2. The summed E-state index contributed by atoms with van der Waals surface area (Å²) < 4.78 is 26.4. The molecule has 1 fully saturated rings. The van der Waals surface area contributed by atoms with Crippen LogP contribution in [0.1, 0.15) is 46.0 Å². The zero-order valence-electron chi connectivity index (χ0n) is 10.6. The zero-order valence-corrected chi connectivity index (χ0v) is 12.2. The second-order valence-electron chi connectivity index (χ2n) is 4.91. The van der Waals surface area contributed by atoms with Gasteiger partial charge in [0.15, 0.2) is 0 Å². The van der Waals surface area contributed by atoms with E-state index in [0.717, 1.165) is 32.1 Å². The van der Waals surface area contributed by atoms with Gasteiger partial charge in [-0.15, -0.1) is 0 Å². The van der Waals surface area contributed by atoms with E-state index in [9.17, 15) is 8.42 Å². The van der Waals surface area contributed by atoms with E-state index >= 15 is 0 Å². The van der Waals surface area contributed by atoms with Gasteiger partial charge in [0.25, 0.3) is 0 Å². The molecule has 6 heteroatoms. The number of thiocarbonyl (C=S) groups is 1. The summed E-state index contributed by atoms with van der Waals surface area (Å²) in [7, 11) is -3.25. The second kappa shape index (κ2) is 6.11. The van der Waals surface area contributed by atoms with Gasteiger partial charge in [-0.05, 0) is 26.7 Å². The van der Waals surface area contributed by atoms with Gasteiger partial charge in [0.2, 0.25) is 10.0 Å². The fraction of sp³-hybridized carbons (Fsp3) is 0.909. The molecule has 0 aromatic rings. The van der Waals surface area contributed by atoms with Gasteiger partial charge in [-0.3, -0.25) is 0 Å². The van der Waals surface area contributed by atoms with Crippen molar-refractivity contribution < 1.29 is 8.42 Å². The quantitative estimate of drug-likeness (QED) is 0.777. The van der Waals surface area contributed by atoms with Crippen molar-refractivity contribution in [3.63, 3.8) is 0 Å². The molecular formula is C11H22N2O2S2. The third kappa shape index (κ3) is 3.89. The van der Waals surface area contributed by atoms with E-state index in [-0.39, 0.29) is 22.8 Å². The maximum Gasteiger partial charge on any atom is 0.217 e. The molecule has 1 aliphatic carbocycles. The first-order valence-corrected chi connectivity index (χ1v) is 8.06. The fourth-order valence-corrected chi connectivity index (χ4v) is 4.71. The molecule has 1 saturated carbocycles. The minimum Gasteiger partial charge on any atom is -0.392 e. The smallest absolute Gasteiger partial charge is 0.217 e. The lowest BCUT2D eigenvalue weighted by Gasteiger charge is -2.31. The maximum atomic E-state index is 12.5. The highest BCUT2D eigenvalue weighted by Gasteiger charge is 2.34. The van der Waals surface area contributed by atoms with Crippen molar-refractivity contribution in [1.82, 2.24) is 4.31 Å². The monoisotopic (exact) mass is 278 g/mol. The van der Waals surface area contributed by atoms with Crippen LogP contribution in [0.15, 0.2) is 0 Å². The van der Waals surface area contributed by atoms with Crippen LogP contribution in [0, 0.1) is 0 Å². The standard InChI is InChI=1S/C11H22N2O2S2/c1-9(2)13(8-11(12)16)17(14,15)10-6-4-3-5-7-10/h9-10H,3-8H2,1-2H3,(H2,12,16). The highest BCUT2D eigenvalue weighted by molar-refractivity contribution is 7.89. The van der Waals surface area contributed by atoms with Crippen molar-refractivity contribution in [2.24, 2.45) is 5.73 Å². The third-order valence-electron chi connectivity index (χ3n) is 3.19. The minimum atomic E-state index is -3.25. The molecule has 0 bridgehead atoms. The van der Waals surface area contributed by atoms with Crippen LogP contribution < -0.4 is 5.73 Å². The van der Waals surface area contributed by atoms with Crippen LogP contribution in [-0.4, -0.2) is 35.5 Å². The van der Waals surface area contributed by atoms with E-state index in [0.29, 0.717) is 0 Å². The van der Waals surface area contributed by atoms with Crippen molar-refractivity contribution in [2.75, 3.05) is 6.54 Å². The molecule has 0 unspecified atom stereocenters. The first kappa shape index (κ1) is 14.9. The molecule has 0 heterocycles. The molecule has 0 amide bonds. The molecule has 0 aromatic carbocycles. The summed E-state index contributed by atoms with van der Waals surface area (Å²) in [5, 5.41) is -0.243.